The Morgan fingerprint density at radius 2 is 2.15 bits per heavy atom. The smallest absolute Gasteiger partial charge is 0.221 e. The Morgan fingerprint density at radius 3 is 2.80 bits per heavy atom. The van der Waals surface area contributed by atoms with Crippen LogP contribution in [-0.4, -0.2) is 56.7 Å². The third kappa shape index (κ3) is 5.34. The van der Waals surface area contributed by atoms with Gasteiger partial charge in [0.1, 0.15) is 0 Å². The second-order valence-electron chi connectivity index (χ2n) is 4.96. The molecule has 1 heterocycles. The summed E-state index contributed by atoms with van der Waals surface area (Å²) >= 11 is 0. The van der Waals surface area contributed by atoms with Crippen LogP contribution in [0.4, 0.5) is 4.39 Å². The van der Waals surface area contributed by atoms with Gasteiger partial charge in [0.2, 0.25) is 15.9 Å². The van der Waals surface area contributed by atoms with E-state index in [4.69, 9.17) is 5.73 Å². The Morgan fingerprint density at radius 1 is 1.40 bits per heavy atom. The van der Waals surface area contributed by atoms with Crippen molar-refractivity contribution in [1.29, 1.82) is 0 Å². The first-order valence-electron chi connectivity index (χ1n) is 7.03. The molecule has 1 rings (SSSR count). The number of nitrogens with two attached hydrogens (primary N) is 1. The van der Waals surface area contributed by atoms with Gasteiger partial charge in [-0.15, -0.1) is 0 Å². The van der Waals surface area contributed by atoms with E-state index in [-0.39, 0.29) is 37.1 Å². The van der Waals surface area contributed by atoms with Crippen LogP contribution in [0.1, 0.15) is 32.1 Å². The number of amides is 1. The van der Waals surface area contributed by atoms with E-state index >= 15 is 0 Å². The van der Waals surface area contributed by atoms with Gasteiger partial charge in [0.05, 0.1) is 12.4 Å². The summed E-state index contributed by atoms with van der Waals surface area (Å²) in [4.78, 5) is 11.4. The van der Waals surface area contributed by atoms with E-state index < -0.39 is 16.7 Å². The molecule has 1 atom stereocenters. The van der Waals surface area contributed by atoms with Gasteiger partial charge in [0.15, 0.2) is 0 Å². The molecule has 118 valence electrons. The monoisotopic (exact) mass is 309 g/mol. The Bertz CT molecular complexity index is 403. The summed E-state index contributed by atoms with van der Waals surface area (Å²) in [5, 5.41) is 2.71. The zero-order chi connectivity index (χ0) is 15.0. The van der Waals surface area contributed by atoms with Crippen LogP contribution in [0.5, 0.6) is 0 Å². The molecule has 6 nitrogen and oxygen atoms in total. The lowest BCUT2D eigenvalue weighted by Gasteiger charge is -2.34. The first-order chi connectivity index (χ1) is 9.51. The maximum Gasteiger partial charge on any atom is 0.221 e. The molecule has 0 saturated carbocycles. The van der Waals surface area contributed by atoms with Crippen molar-refractivity contribution in [2.24, 2.45) is 5.73 Å². The number of halogens is 1. The van der Waals surface area contributed by atoms with E-state index in [9.17, 15) is 17.6 Å². The summed E-state index contributed by atoms with van der Waals surface area (Å²) in [6.45, 7) is 0.389. The topological polar surface area (TPSA) is 92.5 Å². The number of piperidine rings is 1. The highest BCUT2D eigenvalue weighted by atomic mass is 32.2. The first-order valence-corrected chi connectivity index (χ1v) is 8.64. The normalized spacial score (nSPS) is 20.8. The van der Waals surface area contributed by atoms with Crippen molar-refractivity contribution in [1.82, 2.24) is 9.62 Å². The lowest BCUT2D eigenvalue weighted by atomic mass is 10.1. The standard InChI is InChI=1S/C12H24FN3O3S/c13-6-3-9-20(18,19)16-8-2-1-4-11(16)10-15-12(17)5-7-14/h11H,1-10,14H2,(H,15,17). The van der Waals surface area contributed by atoms with Crippen LogP contribution in [0.25, 0.3) is 0 Å². The van der Waals surface area contributed by atoms with Crippen LogP contribution in [0.2, 0.25) is 0 Å². The Labute approximate surface area is 119 Å². The van der Waals surface area contributed by atoms with Crippen LogP contribution < -0.4 is 11.1 Å². The number of nitrogens with zero attached hydrogens (tertiary/aromatic N) is 1. The number of alkyl halides is 1. The zero-order valence-electron chi connectivity index (χ0n) is 11.7. The molecule has 0 spiro atoms. The fourth-order valence-electron chi connectivity index (χ4n) is 2.35. The van der Waals surface area contributed by atoms with Crippen LogP contribution >= 0.6 is 0 Å². The van der Waals surface area contributed by atoms with Crippen molar-refractivity contribution in [3.8, 4) is 0 Å². The molecule has 1 unspecified atom stereocenters. The summed E-state index contributed by atoms with van der Waals surface area (Å²) < 4.78 is 37.9. The van der Waals surface area contributed by atoms with Crippen molar-refractivity contribution in [2.45, 2.75) is 38.1 Å². The quantitative estimate of drug-likeness (QED) is 0.660. The van der Waals surface area contributed by atoms with E-state index in [1.807, 2.05) is 0 Å². The molecule has 0 aliphatic carbocycles. The highest BCUT2D eigenvalue weighted by Crippen LogP contribution is 2.20. The van der Waals surface area contributed by atoms with Gasteiger partial charge >= 0.3 is 0 Å². The van der Waals surface area contributed by atoms with E-state index in [1.54, 1.807) is 0 Å². The van der Waals surface area contributed by atoms with Crippen LogP contribution in [0, 0.1) is 0 Å². The van der Waals surface area contributed by atoms with Crippen LogP contribution in [0.3, 0.4) is 0 Å². The molecule has 1 fully saturated rings. The van der Waals surface area contributed by atoms with Crippen molar-refractivity contribution < 1.29 is 17.6 Å². The molecule has 0 bridgehead atoms. The van der Waals surface area contributed by atoms with E-state index in [2.05, 4.69) is 5.32 Å². The minimum atomic E-state index is -3.44. The van der Waals surface area contributed by atoms with Crippen molar-refractivity contribution in [3.63, 3.8) is 0 Å². The minimum Gasteiger partial charge on any atom is -0.354 e. The fourth-order valence-corrected chi connectivity index (χ4v) is 4.10. The Hall–Kier alpha value is -0.730. The predicted molar refractivity (Wildman–Crippen MR) is 75.4 cm³/mol. The maximum atomic E-state index is 12.2. The summed E-state index contributed by atoms with van der Waals surface area (Å²) in [7, 11) is -3.44. The fraction of sp³-hybridized carbons (Fsp3) is 0.917. The Balaban J connectivity index is 2.59. The molecule has 0 aromatic heterocycles. The highest BCUT2D eigenvalue weighted by Gasteiger charge is 2.31. The van der Waals surface area contributed by atoms with Gasteiger partial charge in [-0.3, -0.25) is 9.18 Å². The SMILES string of the molecule is NCCC(=O)NCC1CCCCN1S(=O)(=O)CCCF. The summed E-state index contributed by atoms with van der Waals surface area (Å²) in [6, 6.07) is -0.227. The maximum absolute atomic E-state index is 12.2. The average molecular weight is 309 g/mol. The second-order valence-corrected chi connectivity index (χ2v) is 7.00. The van der Waals surface area contributed by atoms with Crippen LogP contribution in [-0.2, 0) is 14.8 Å². The minimum absolute atomic E-state index is 0.0189. The zero-order valence-corrected chi connectivity index (χ0v) is 12.5. The molecular formula is C12H24FN3O3S. The summed E-state index contributed by atoms with van der Waals surface area (Å²) in [5.41, 5.74) is 5.29. The number of carbonyl (C=O) groups excluding carboxylic acids is 1. The molecule has 1 aliphatic rings. The molecule has 3 N–H and O–H groups in total. The second kappa shape index (κ2) is 8.53. The van der Waals surface area contributed by atoms with Gasteiger partial charge in [-0.05, 0) is 19.3 Å². The van der Waals surface area contributed by atoms with Gasteiger partial charge in [-0.2, -0.15) is 4.31 Å². The third-order valence-corrected chi connectivity index (χ3v) is 5.37. The van der Waals surface area contributed by atoms with Gasteiger partial charge < -0.3 is 11.1 Å². The number of sulfonamides is 1. The average Bonchev–Trinajstić information content (AvgIpc) is 2.43. The molecule has 8 heteroatoms. The number of nitrogens with one attached hydrogen (secondary N) is 1. The van der Waals surface area contributed by atoms with E-state index in [0.717, 1.165) is 19.3 Å². The number of hydrogen-bond acceptors (Lipinski definition) is 4. The Kier molecular flexibility index (Phi) is 7.39. The van der Waals surface area contributed by atoms with Gasteiger partial charge in [-0.1, -0.05) is 6.42 Å². The van der Waals surface area contributed by atoms with Gasteiger partial charge in [0, 0.05) is 32.1 Å². The van der Waals surface area contributed by atoms with E-state index in [1.165, 1.54) is 4.31 Å². The molecule has 0 radical (unpaired) electrons. The summed E-state index contributed by atoms with van der Waals surface area (Å²) in [6.07, 6.45) is 2.72. The van der Waals surface area contributed by atoms with Gasteiger partial charge in [0.25, 0.3) is 0 Å². The van der Waals surface area contributed by atoms with Gasteiger partial charge in [-0.25, -0.2) is 8.42 Å². The van der Waals surface area contributed by atoms with E-state index in [0.29, 0.717) is 13.1 Å². The molecular weight excluding hydrogens is 285 g/mol. The lowest BCUT2D eigenvalue weighted by molar-refractivity contribution is -0.121. The largest absolute Gasteiger partial charge is 0.354 e. The van der Waals surface area contributed by atoms with Crippen molar-refractivity contribution in [2.75, 3.05) is 32.1 Å². The van der Waals surface area contributed by atoms with Crippen molar-refractivity contribution in [3.05, 3.63) is 0 Å². The molecule has 1 amide bonds. The molecule has 0 aromatic rings. The first kappa shape index (κ1) is 17.3. The molecule has 0 aromatic carbocycles. The highest BCUT2D eigenvalue weighted by molar-refractivity contribution is 7.89. The predicted octanol–water partition coefficient (Wildman–Crippen LogP) is -0.00470. The lowest BCUT2D eigenvalue weighted by Crippen LogP contribution is -2.50. The molecule has 1 aliphatic heterocycles. The molecule has 20 heavy (non-hydrogen) atoms. The number of hydrogen-bond donors (Lipinski definition) is 2. The third-order valence-electron chi connectivity index (χ3n) is 3.37. The molecule has 1 saturated heterocycles. The summed E-state index contributed by atoms with van der Waals surface area (Å²) in [5.74, 6) is -0.337. The number of carbonyl (C=O) groups is 1. The number of rotatable bonds is 8. The van der Waals surface area contributed by atoms with Crippen LogP contribution in [0.15, 0.2) is 0 Å². The van der Waals surface area contributed by atoms with Crippen molar-refractivity contribution >= 4 is 15.9 Å².